The first kappa shape index (κ1) is 12.6. The summed E-state index contributed by atoms with van der Waals surface area (Å²) in [7, 11) is 1.82. The number of nitrogens with two attached hydrogens (primary N) is 1. The van der Waals surface area contributed by atoms with Crippen LogP contribution in [0.1, 0.15) is 11.7 Å². The Bertz CT molecular complexity index is 567. The molecule has 1 aromatic carbocycles. The minimum absolute atomic E-state index is 0.446. The summed E-state index contributed by atoms with van der Waals surface area (Å²) in [5, 5.41) is 3.10. The summed E-state index contributed by atoms with van der Waals surface area (Å²) in [6.07, 6.45) is 3.26. The van der Waals surface area contributed by atoms with E-state index in [-0.39, 0.29) is 0 Å². The number of rotatable bonds is 4. The number of carbonyl (C=O) groups is 1. The number of halogens is 1. The molecule has 0 aliphatic heterocycles. The number of nitrogens with zero attached hydrogens (tertiary/aromatic N) is 2. The first-order valence-corrected chi connectivity index (χ1v) is 6.15. The summed E-state index contributed by atoms with van der Waals surface area (Å²) in [6, 6.07) is 6.94. The van der Waals surface area contributed by atoms with Crippen molar-refractivity contribution in [3.8, 4) is 0 Å². The van der Waals surface area contributed by atoms with E-state index in [2.05, 4.69) is 26.2 Å². The third-order valence-electron chi connectivity index (χ3n) is 2.57. The van der Waals surface area contributed by atoms with Crippen molar-refractivity contribution in [1.29, 1.82) is 0 Å². The van der Waals surface area contributed by atoms with Crippen LogP contribution in [0.15, 0.2) is 41.3 Å². The highest BCUT2D eigenvalue weighted by molar-refractivity contribution is 9.10. The van der Waals surface area contributed by atoms with Gasteiger partial charge in [0.25, 0.3) is 0 Å². The molecule has 1 unspecified atom stereocenters. The van der Waals surface area contributed by atoms with Crippen LogP contribution in [0.4, 0.5) is 5.69 Å². The van der Waals surface area contributed by atoms with Crippen molar-refractivity contribution in [2.45, 2.75) is 6.04 Å². The van der Waals surface area contributed by atoms with Gasteiger partial charge in [-0.1, -0.05) is 22.0 Å². The van der Waals surface area contributed by atoms with E-state index >= 15 is 0 Å². The molecule has 1 aromatic heterocycles. The lowest BCUT2D eigenvalue weighted by molar-refractivity contribution is -0.118. The summed E-state index contributed by atoms with van der Waals surface area (Å²) in [6.45, 7) is 0. The van der Waals surface area contributed by atoms with E-state index in [0.29, 0.717) is 0 Å². The predicted molar refractivity (Wildman–Crippen MR) is 72.9 cm³/mol. The fourth-order valence-electron chi connectivity index (χ4n) is 1.68. The first-order chi connectivity index (χ1) is 8.58. The van der Waals surface area contributed by atoms with Crippen molar-refractivity contribution >= 4 is 27.5 Å². The van der Waals surface area contributed by atoms with Gasteiger partial charge in [0.05, 0.1) is 18.2 Å². The zero-order valence-corrected chi connectivity index (χ0v) is 11.4. The van der Waals surface area contributed by atoms with Gasteiger partial charge < -0.3 is 15.6 Å². The lowest BCUT2D eigenvalue weighted by Gasteiger charge is -2.17. The van der Waals surface area contributed by atoms with Gasteiger partial charge in [-0.2, -0.15) is 0 Å². The van der Waals surface area contributed by atoms with Crippen LogP contribution in [0.5, 0.6) is 0 Å². The lowest BCUT2D eigenvalue weighted by atomic mass is 10.2. The molecule has 3 N–H and O–H groups in total. The summed E-state index contributed by atoms with van der Waals surface area (Å²) in [4.78, 5) is 15.5. The molecule has 0 saturated heterocycles. The highest BCUT2D eigenvalue weighted by Gasteiger charge is 2.20. The van der Waals surface area contributed by atoms with Crippen molar-refractivity contribution < 1.29 is 4.79 Å². The number of nitrogens with one attached hydrogen (secondary N) is 1. The number of carbonyl (C=O) groups excluding carboxylic acids is 1. The van der Waals surface area contributed by atoms with Crippen LogP contribution in [-0.4, -0.2) is 15.5 Å². The molecule has 0 aliphatic carbocycles. The Kier molecular flexibility index (Phi) is 3.66. The molecule has 5 nitrogen and oxygen atoms in total. The molecule has 0 aliphatic rings. The second-order valence-electron chi connectivity index (χ2n) is 3.92. The Morgan fingerprint density at radius 2 is 2.33 bits per heavy atom. The molecule has 0 radical (unpaired) electrons. The third-order valence-corrected chi connectivity index (χ3v) is 3.06. The van der Waals surface area contributed by atoms with E-state index in [4.69, 9.17) is 5.73 Å². The Labute approximate surface area is 113 Å². The van der Waals surface area contributed by atoms with E-state index in [1.807, 2.05) is 31.3 Å². The maximum absolute atomic E-state index is 11.5. The van der Waals surface area contributed by atoms with Crippen molar-refractivity contribution in [1.82, 2.24) is 9.55 Å². The molecule has 18 heavy (non-hydrogen) atoms. The second-order valence-corrected chi connectivity index (χ2v) is 4.84. The number of aryl methyl sites for hydroxylation is 1. The topological polar surface area (TPSA) is 72.9 Å². The second kappa shape index (κ2) is 5.22. The van der Waals surface area contributed by atoms with Gasteiger partial charge in [0, 0.05) is 17.2 Å². The van der Waals surface area contributed by atoms with Gasteiger partial charge in [-0.05, 0) is 18.2 Å². The summed E-state index contributed by atoms with van der Waals surface area (Å²) in [5.74, 6) is -0.446. The highest BCUT2D eigenvalue weighted by Crippen LogP contribution is 2.21. The van der Waals surface area contributed by atoms with Crippen molar-refractivity contribution in [2.75, 3.05) is 5.32 Å². The van der Waals surface area contributed by atoms with Gasteiger partial charge >= 0.3 is 0 Å². The number of hydrogen-bond donors (Lipinski definition) is 2. The van der Waals surface area contributed by atoms with E-state index in [1.54, 1.807) is 17.1 Å². The van der Waals surface area contributed by atoms with E-state index in [0.717, 1.165) is 15.9 Å². The maximum Gasteiger partial charge on any atom is 0.246 e. The van der Waals surface area contributed by atoms with E-state index in [1.165, 1.54) is 0 Å². The number of amides is 1. The van der Waals surface area contributed by atoms with Gasteiger partial charge in [-0.15, -0.1) is 0 Å². The van der Waals surface area contributed by atoms with E-state index < -0.39 is 11.9 Å². The van der Waals surface area contributed by atoms with Crippen molar-refractivity contribution in [3.05, 3.63) is 47.0 Å². The SMILES string of the molecule is Cn1cncc1C(Nc1cccc(Br)c1)C(N)=O. The van der Waals surface area contributed by atoms with Crippen LogP contribution in [0.25, 0.3) is 0 Å². The Morgan fingerprint density at radius 1 is 1.56 bits per heavy atom. The fraction of sp³-hybridized carbons (Fsp3) is 0.167. The van der Waals surface area contributed by atoms with Gasteiger partial charge in [-0.25, -0.2) is 4.98 Å². The number of anilines is 1. The Hall–Kier alpha value is -1.82. The molecule has 1 amide bonds. The zero-order valence-electron chi connectivity index (χ0n) is 9.80. The minimum Gasteiger partial charge on any atom is -0.369 e. The summed E-state index contributed by atoms with van der Waals surface area (Å²) < 4.78 is 2.70. The average Bonchev–Trinajstić information content (AvgIpc) is 2.72. The van der Waals surface area contributed by atoms with Crippen LogP contribution in [0.3, 0.4) is 0 Å². The Balaban J connectivity index is 2.28. The van der Waals surface area contributed by atoms with Gasteiger partial charge in [0.2, 0.25) is 5.91 Å². The molecular formula is C12H13BrN4O. The molecule has 0 bridgehead atoms. The lowest BCUT2D eigenvalue weighted by Crippen LogP contribution is -2.29. The largest absolute Gasteiger partial charge is 0.369 e. The molecule has 0 spiro atoms. The maximum atomic E-state index is 11.5. The number of aromatic nitrogens is 2. The van der Waals surface area contributed by atoms with Gasteiger partial charge in [-0.3, -0.25) is 4.79 Å². The zero-order chi connectivity index (χ0) is 13.1. The summed E-state index contributed by atoms with van der Waals surface area (Å²) in [5.41, 5.74) is 6.97. The van der Waals surface area contributed by atoms with Crippen molar-refractivity contribution in [3.63, 3.8) is 0 Å². The number of benzene rings is 1. The van der Waals surface area contributed by atoms with Gasteiger partial charge in [0.15, 0.2) is 0 Å². The van der Waals surface area contributed by atoms with Crippen LogP contribution in [0, 0.1) is 0 Å². The number of primary amides is 1. The molecule has 2 rings (SSSR count). The fourth-order valence-corrected chi connectivity index (χ4v) is 2.08. The molecule has 6 heteroatoms. The average molecular weight is 309 g/mol. The molecule has 94 valence electrons. The first-order valence-electron chi connectivity index (χ1n) is 5.35. The normalized spacial score (nSPS) is 12.1. The summed E-state index contributed by atoms with van der Waals surface area (Å²) >= 11 is 3.38. The van der Waals surface area contributed by atoms with Crippen LogP contribution >= 0.6 is 15.9 Å². The van der Waals surface area contributed by atoms with Crippen LogP contribution in [0.2, 0.25) is 0 Å². The molecule has 0 saturated carbocycles. The highest BCUT2D eigenvalue weighted by atomic mass is 79.9. The number of imidazole rings is 1. The third kappa shape index (κ3) is 2.70. The standard InChI is InChI=1S/C12H13BrN4O/c1-17-7-15-6-10(17)11(12(14)18)16-9-4-2-3-8(13)5-9/h2-7,11,16H,1H3,(H2,14,18). The predicted octanol–water partition coefficient (Wildman–Crippen LogP) is 1.82. The van der Waals surface area contributed by atoms with Crippen LogP contribution < -0.4 is 11.1 Å². The smallest absolute Gasteiger partial charge is 0.246 e. The molecule has 1 heterocycles. The molecule has 0 fully saturated rings. The monoisotopic (exact) mass is 308 g/mol. The molecular weight excluding hydrogens is 296 g/mol. The van der Waals surface area contributed by atoms with Gasteiger partial charge in [0.1, 0.15) is 6.04 Å². The number of hydrogen-bond acceptors (Lipinski definition) is 3. The molecule has 2 aromatic rings. The van der Waals surface area contributed by atoms with E-state index in [9.17, 15) is 4.79 Å². The van der Waals surface area contributed by atoms with Crippen molar-refractivity contribution in [2.24, 2.45) is 12.8 Å². The quantitative estimate of drug-likeness (QED) is 0.905. The Morgan fingerprint density at radius 3 is 2.89 bits per heavy atom. The minimum atomic E-state index is -0.605. The van der Waals surface area contributed by atoms with Crippen LogP contribution in [-0.2, 0) is 11.8 Å². The molecule has 1 atom stereocenters.